The molecule has 5 N–H and O–H groups in total. The van der Waals surface area contributed by atoms with E-state index >= 15 is 0 Å². The quantitative estimate of drug-likeness (QED) is 0.108. The third-order valence-corrected chi connectivity index (χ3v) is 3.80. The summed E-state index contributed by atoms with van der Waals surface area (Å²) in [5.41, 5.74) is 7.42. The minimum Gasteiger partial charge on any atom is -0.677 e. The largest absolute Gasteiger partial charge is 2.00 e. The maximum atomic E-state index is 10.5. The molecule has 0 aromatic carbocycles. The van der Waals surface area contributed by atoms with Gasteiger partial charge in [-0.2, -0.15) is 12.0 Å². The zero-order valence-corrected chi connectivity index (χ0v) is 18.4. The van der Waals surface area contributed by atoms with Gasteiger partial charge in [0.15, 0.2) is 0 Å². The minimum absolute atomic E-state index is 0. The molecule has 0 radical (unpaired) electrons. The van der Waals surface area contributed by atoms with E-state index in [1.807, 2.05) is 6.92 Å². The number of aliphatic carboxylic acids is 2. The third-order valence-electron chi connectivity index (χ3n) is 3.67. The molecule has 0 heterocycles. The number of carbonyl (C=O) groups is 2. The molecule has 1 fully saturated rings. The van der Waals surface area contributed by atoms with Crippen LogP contribution in [0, 0.1) is 18.8 Å². The van der Waals surface area contributed by atoms with Crippen LogP contribution in [0.5, 0.6) is 0 Å². The SMILES string of the molecule is CCNCCC(CC(=O)O)C(=O)O.O=[P+]([O-])OO.[CH2-]C1CCCCC1[NH-].[HH].[Pt+2]. The molecule has 27 heavy (non-hydrogen) atoms. The summed E-state index contributed by atoms with van der Waals surface area (Å²) < 4.78 is 11.6. The van der Waals surface area contributed by atoms with Gasteiger partial charge in [-0.1, -0.05) is 32.6 Å². The van der Waals surface area contributed by atoms with Crippen molar-refractivity contribution in [3.8, 4) is 0 Å². The number of carboxylic acids is 2. The van der Waals surface area contributed by atoms with Crippen molar-refractivity contribution in [1.29, 1.82) is 0 Å². The van der Waals surface area contributed by atoms with Gasteiger partial charge in [0.1, 0.15) is 0 Å². The third kappa shape index (κ3) is 21.7. The van der Waals surface area contributed by atoms with Crippen molar-refractivity contribution in [2.45, 2.75) is 51.5 Å². The maximum Gasteiger partial charge on any atom is 2.00 e. The van der Waals surface area contributed by atoms with Crippen molar-refractivity contribution in [3.05, 3.63) is 12.7 Å². The molecular weight excluding hydrogens is 562 g/mol. The summed E-state index contributed by atoms with van der Waals surface area (Å²) in [6, 6.07) is 0.142. The first-order valence-corrected chi connectivity index (χ1v) is 9.40. The molecule has 1 aliphatic carbocycles. The first kappa shape index (κ1) is 31.2. The van der Waals surface area contributed by atoms with Crippen LogP contribution in [0.2, 0.25) is 0 Å². The van der Waals surface area contributed by atoms with Crippen molar-refractivity contribution < 1.29 is 61.7 Å². The summed E-state index contributed by atoms with van der Waals surface area (Å²) in [4.78, 5) is 29.7. The van der Waals surface area contributed by atoms with E-state index in [-0.39, 0.29) is 35.0 Å². The Morgan fingerprint density at radius 2 is 1.93 bits per heavy atom. The molecule has 4 atom stereocenters. The number of nitrogens with one attached hydrogen (secondary N) is 2. The summed E-state index contributed by atoms with van der Waals surface area (Å²) >= 11 is 0. The Kier molecular flexibility index (Phi) is 23.4. The summed E-state index contributed by atoms with van der Waals surface area (Å²) in [5.74, 6) is -2.47. The van der Waals surface area contributed by atoms with Crippen LogP contribution in [0.4, 0.5) is 0 Å². The van der Waals surface area contributed by atoms with Gasteiger partial charge >= 0.3 is 41.3 Å². The molecule has 0 spiro atoms. The monoisotopic (exact) mass is 593 g/mol. The molecule has 0 saturated heterocycles. The summed E-state index contributed by atoms with van der Waals surface area (Å²) in [6.07, 6.45) is 4.85. The first-order chi connectivity index (χ1) is 12.1. The van der Waals surface area contributed by atoms with Crippen LogP contribution >= 0.6 is 8.25 Å². The summed E-state index contributed by atoms with van der Waals surface area (Å²) in [5, 5.41) is 27.0. The van der Waals surface area contributed by atoms with Gasteiger partial charge in [-0.3, -0.25) is 9.59 Å². The predicted octanol–water partition coefficient (Wildman–Crippen LogP) is 2.33. The van der Waals surface area contributed by atoms with Crippen LogP contribution in [0.3, 0.4) is 0 Å². The number of carboxylic acid groups (broad SMARTS) is 2. The van der Waals surface area contributed by atoms with Crippen LogP contribution in [0.15, 0.2) is 0 Å². The van der Waals surface area contributed by atoms with Gasteiger partial charge < -0.3 is 33.1 Å². The topological polar surface area (TPSA) is 180 Å². The van der Waals surface area contributed by atoms with Gasteiger partial charge in [0, 0.05) is 6.10 Å². The number of rotatable bonds is 8. The molecule has 164 valence electrons. The van der Waals surface area contributed by atoms with Crippen LogP contribution in [0.1, 0.15) is 46.9 Å². The average molecular weight is 593 g/mol. The van der Waals surface area contributed by atoms with E-state index in [2.05, 4.69) is 16.9 Å². The van der Waals surface area contributed by atoms with Crippen molar-refractivity contribution in [2.24, 2.45) is 11.8 Å². The normalized spacial score (nSPS) is 19.8. The van der Waals surface area contributed by atoms with E-state index in [0.717, 1.165) is 13.0 Å². The van der Waals surface area contributed by atoms with Gasteiger partial charge in [-0.25, -0.2) is 5.26 Å². The van der Waals surface area contributed by atoms with Crippen molar-refractivity contribution in [3.63, 3.8) is 0 Å². The summed E-state index contributed by atoms with van der Waals surface area (Å²) in [6.45, 7) is 7.11. The molecule has 0 bridgehead atoms. The molecule has 12 heteroatoms. The van der Waals surface area contributed by atoms with Gasteiger partial charge in [-0.05, 0) is 24.1 Å². The fourth-order valence-corrected chi connectivity index (χ4v) is 2.18. The number of hydrogen-bond acceptors (Lipinski definition) is 7. The molecule has 0 aromatic heterocycles. The van der Waals surface area contributed by atoms with Crippen LogP contribution in [-0.4, -0.2) is 46.5 Å². The second kappa shape index (κ2) is 20.3. The Hall–Kier alpha value is -0.472. The van der Waals surface area contributed by atoms with Gasteiger partial charge in [0.25, 0.3) is 0 Å². The van der Waals surface area contributed by atoms with Crippen molar-refractivity contribution in [1.82, 2.24) is 5.32 Å². The van der Waals surface area contributed by atoms with Crippen molar-refractivity contribution >= 4 is 20.2 Å². The average Bonchev–Trinajstić information content (AvgIpc) is 2.57. The zero-order chi connectivity index (χ0) is 20.5. The predicted molar refractivity (Wildman–Crippen MR) is 95.4 cm³/mol. The Balaban J connectivity index is -0.000000165. The molecule has 0 aromatic rings. The number of hydrogen-bond donors (Lipinski definition) is 4. The Labute approximate surface area is 176 Å². The molecule has 1 saturated carbocycles. The standard InChI is InChI=1S/C8H15NO4.C7H13N.HO4P.Pt.H2/c1-2-9-4-3-6(8(12)13)5-7(10)11;1-6-4-2-3-5-7(6)8;1-4-5(2)3;;/h6,9H,2-5H2,1H3,(H,10,11)(H,12,13);6-8H,1-5H2;1H;;1H/q;-2;;+2;. The molecule has 4 unspecified atom stereocenters. The molecule has 0 amide bonds. The van der Waals surface area contributed by atoms with Gasteiger partial charge in [0.05, 0.1) is 12.3 Å². The van der Waals surface area contributed by atoms with Crippen molar-refractivity contribution in [2.75, 3.05) is 13.1 Å². The Morgan fingerprint density at radius 1 is 1.41 bits per heavy atom. The molecule has 1 aliphatic rings. The van der Waals surface area contributed by atoms with E-state index in [9.17, 15) is 9.59 Å². The smallest absolute Gasteiger partial charge is 0.677 e. The fraction of sp³-hybridized carbons (Fsp3) is 0.800. The molecular formula is C15H31N2O8PPt. The second-order valence-corrected chi connectivity index (χ2v) is 6.34. The molecule has 0 aliphatic heterocycles. The van der Waals surface area contributed by atoms with E-state index in [1.54, 1.807) is 0 Å². The van der Waals surface area contributed by atoms with E-state index < -0.39 is 26.1 Å². The maximum absolute atomic E-state index is 10.5. The van der Waals surface area contributed by atoms with Crippen LogP contribution in [0.25, 0.3) is 5.73 Å². The zero-order valence-electron chi connectivity index (χ0n) is 15.2. The first-order valence-electron chi connectivity index (χ1n) is 8.31. The van der Waals surface area contributed by atoms with E-state index in [4.69, 9.17) is 30.7 Å². The van der Waals surface area contributed by atoms with E-state index in [0.29, 0.717) is 18.9 Å². The van der Waals surface area contributed by atoms with Gasteiger partial charge in [0.2, 0.25) is 0 Å². The molecule has 1 rings (SSSR count). The van der Waals surface area contributed by atoms with Crippen LogP contribution < -0.4 is 10.2 Å². The second-order valence-electron chi connectivity index (χ2n) is 5.73. The molecule has 10 nitrogen and oxygen atoms in total. The minimum atomic E-state index is -3.04. The van der Waals surface area contributed by atoms with Gasteiger partial charge in [-0.15, -0.1) is 0 Å². The van der Waals surface area contributed by atoms with E-state index in [1.165, 1.54) is 19.3 Å². The summed E-state index contributed by atoms with van der Waals surface area (Å²) in [7, 11) is -3.04. The fourth-order valence-electron chi connectivity index (χ4n) is 2.18. The van der Waals surface area contributed by atoms with Crippen LogP contribution in [-0.2, 0) is 39.9 Å². The Morgan fingerprint density at radius 3 is 2.22 bits per heavy atom. The Bertz CT molecular complexity index is 414.